The van der Waals surface area contributed by atoms with E-state index in [1.54, 1.807) is 13.1 Å². The average molecular weight is 320 g/mol. The lowest BCUT2D eigenvalue weighted by Crippen LogP contribution is -2.23. The van der Waals surface area contributed by atoms with E-state index in [0.29, 0.717) is 34.7 Å². The highest BCUT2D eigenvalue weighted by molar-refractivity contribution is 7.93. The lowest BCUT2D eigenvalue weighted by Gasteiger charge is -2.03. The molecule has 1 aliphatic rings. The molecule has 1 aliphatic carbocycles. The summed E-state index contributed by atoms with van der Waals surface area (Å²) in [5.41, 5.74) is 2.12. The van der Waals surface area contributed by atoms with Crippen molar-refractivity contribution >= 4 is 34.3 Å². The van der Waals surface area contributed by atoms with Crippen molar-refractivity contribution in [2.24, 2.45) is 4.99 Å². The first-order chi connectivity index (χ1) is 10.2. The topological polar surface area (TPSA) is 87.2 Å². The lowest BCUT2D eigenvalue weighted by molar-refractivity contribution is 0.599. The molecule has 6 nitrogen and oxygen atoms in total. The van der Waals surface area contributed by atoms with Gasteiger partial charge < -0.3 is 4.98 Å². The molecule has 1 fully saturated rings. The second kappa shape index (κ2) is 5.92. The highest BCUT2D eigenvalue weighted by Gasteiger charge is 2.36. The molecule has 0 saturated heterocycles. The zero-order chi connectivity index (χ0) is 16.5. The van der Waals surface area contributed by atoms with Crippen molar-refractivity contribution in [3.63, 3.8) is 0 Å². The van der Waals surface area contributed by atoms with E-state index in [9.17, 15) is 8.42 Å². The van der Waals surface area contributed by atoms with E-state index in [1.807, 2.05) is 6.92 Å². The quantitative estimate of drug-likeness (QED) is 0.598. The first kappa shape index (κ1) is 16.2. The fourth-order valence-corrected chi connectivity index (χ4v) is 3.10. The van der Waals surface area contributed by atoms with E-state index in [4.69, 9.17) is 0 Å². The van der Waals surface area contributed by atoms with Gasteiger partial charge in [0.2, 0.25) is 16.0 Å². The molecule has 2 N–H and O–H groups in total. The molecular formula is C15H20N4O2S. The smallest absolute Gasteiger partial charge is 0.237 e. The number of imidazole rings is 1. The zero-order valence-electron chi connectivity index (χ0n) is 12.8. The third-order valence-corrected chi connectivity index (χ3v) is 5.31. The molecule has 1 aromatic heterocycles. The Morgan fingerprint density at radius 1 is 1.45 bits per heavy atom. The van der Waals surface area contributed by atoms with Gasteiger partial charge in [-0.05, 0) is 37.0 Å². The lowest BCUT2D eigenvalue weighted by atomic mass is 10.1. The van der Waals surface area contributed by atoms with E-state index >= 15 is 0 Å². The van der Waals surface area contributed by atoms with E-state index < -0.39 is 10.0 Å². The maximum Gasteiger partial charge on any atom is 0.237 e. The monoisotopic (exact) mass is 320 g/mol. The Labute approximate surface area is 130 Å². The molecule has 0 bridgehead atoms. The van der Waals surface area contributed by atoms with Gasteiger partial charge in [0.05, 0.1) is 15.9 Å². The number of allylic oxidation sites excluding steroid dienone is 2. The Morgan fingerprint density at radius 2 is 2.09 bits per heavy atom. The molecule has 1 saturated carbocycles. The summed E-state index contributed by atoms with van der Waals surface area (Å²) in [6.45, 7) is 13.5. The summed E-state index contributed by atoms with van der Waals surface area (Å²) in [7, 11) is -1.67. The minimum Gasteiger partial charge on any atom is -0.324 e. The SMILES string of the molecule is C=C(C=c1nc(NS(=O)(=O)C2CC2)[nH]c1=C)C(=C)C(C)=NC. The van der Waals surface area contributed by atoms with Crippen LogP contribution < -0.4 is 15.4 Å². The molecule has 7 heteroatoms. The first-order valence-electron chi connectivity index (χ1n) is 6.85. The van der Waals surface area contributed by atoms with Crippen molar-refractivity contribution in [2.45, 2.75) is 25.0 Å². The standard InChI is InChI=1S/C15H20N4O2S/c1-9(10(2)11(3)16-5)8-14-12(4)17-15(18-14)19-22(20,21)13-6-7-13/h8,13H,1-2,4,6-7H2,3,5H3,(H2,17,18,19). The number of nitrogens with one attached hydrogen (secondary N) is 2. The maximum absolute atomic E-state index is 11.9. The number of aromatic amines is 1. The Balaban J connectivity index is 2.26. The van der Waals surface area contributed by atoms with Crippen LogP contribution in [0.5, 0.6) is 0 Å². The van der Waals surface area contributed by atoms with Crippen molar-refractivity contribution in [1.82, 2.24) is 9.97 Å². The van der Waals surface area contributed by atoms with Gasteiger partial charge in [0.15, 0.2) is 0 Å². The predicted molar refractivity (Wildman–Crippen MR) is 90.7 cm³/mol. The van der Waals surface area contributed by atoms with Gasteiger partial charge in [-0.3, -0.25) is 9.71 Å². The number of aliphatic imine (C=N–C) groups is 1. The summed E-state index contributed by atoms with van der Waals surface area (Å²) in [5.74, 6) is 0.169. The normalized spacial score (nSPS) is 16.6. The Kier molecular flexibility index (Phi) is 4.37. The summed E-state index contributed by atoms with van der Waals surface area (Å²) in [6, 6.07) is 0. The summed E-state index contributed by atoms with van der Waals surface area (Å²) in [6.07, 6.45) is 3.09. The molecule has 0 atom stereocenters. The van der Waals surface area contributed by atoms with Crippen LogP contribution in [0.1, 0.15) is 19.8 Å². The van der Waals surface area contributed by atoms with Crippen LogP contribution in [0.3, 0.4) is 0 Å². The molecule has 0 aliphatic heterocycles. The van der Waals surface area contributed by atoms with Crippen molar-refractivity contribution in [1.29, 1.82) is 0 Å². The van der Waals surface area contributed by atoms with Gasteiger partial charge in [0.25, 0.3) is 0 Å². The highest BCUT2D eigenvalue weighted by atomic mass is 32.2. The summed E-state index contributed by atoms with van der Waals surface area (Å²) in [5, 5.41) is 0.716. The second-order valence-electron chi connectivity index (χ2n) is 5.25. The molecule has 1 aromatic rings. The third kappa shape index (κ3) is 3.54. The minimum atomic E-state index is -3.35. The Morgan fingerprint density at radius 3 is 2.64 bits per heavy atom. The van der Waals surface area contributed by atoms with Crippen molar-refractivity contribution in [3.05, 3.63) is 35.0 Å². The van der Waals surface area contributed by atoms with Crippen LogP contribution in [0, 0.1) is 0 Å². The Bertz CT molecular complexity index is 858. The van der Waals surface area contributed by atoms with Crippen molar-refractivity contribution < 1.29 is 8.42 Å². The van der Waals surface area contributed by atoms with Gasteiger partial charge in [0, 0.05) is 12.8 Å². The van der Waals surface area contributed by atoms with Crippen LogP contribution in [0.2, 0.25) is 0 Å². The third-order valence-electron chi connectivity index (χ3n) is 3.48. The number of aromatic nitrogens is 2. The number of sulfonamides is 1. The number of hydrogen-bond donors (Lipinski definition) is 2. The predicted octanol–water partition coefficient (Wildman–Crippen LogP) is 0.708. The van der Waals surface area contributed by atoms with Gasteiger partial charge in [-0.1, -0.05) is 19.7 Å². The van der Waals surface area contributed by atoms with Crippen LogP contribution >= 0.6 is 0 Å². The zero-order valence-corrected chi connectivity index (χ0v) is 13.6. The number of rotatable bonds is 6. The van der Waals surface area contributed by atoms with Crippen LogP contribution in [0.15, 0.2) is 29.3 Å². The van der Waals surface area contributed by atoms with Gasteiger partial charge >= 0.3 is 0 Å². The summed E-state index contributed by atoms with van der Waals surface area (Å²) in [4.78, 5) is 11.1. The Hall–Kier alpha value is -2.15. The van der Waals surface area contributed by atoms with Crippen LogP contribution in [-0.2, 0) is 10.0 Å². The van der Waals surface area contributed by atoms with Crippen LogP contribution in [0.4, 0.5) is 5.95 Å². The van der Waals surface area contributed by atoms with E-state index in [1.165, 1.54) is 0 Å². The maximum atomic E-state index is 11.9. The van der Waals surface area contributed by atoms with Gasteiger partial charge in [-0.2, -0.15) is 0 Å². The number of hydrogen-bond acceptors (Lipinski definition) is 4. The van der Waals surface area contributed by atoms with Crippen molar-refractivity contribution in [3.8, 4) is 0 Å². The molecule has 2 rings (SSSR count). The molecular weight excluding hydrogens is 300 g/mol. The number of nitrogens with zero attached hydrogens (tertiary/aromatic N) is 2. The van der Waals surface area contributed by atoms with Gasteiger partial charge in [0.1, 0.15) is 0 Å². The fourth-order valence-electron chi connectivity index (χ4n) is 1.81. The first-order valence-corrected chi connectivity index (χ1v) is 8.39. The van der Waals surface area contributed by atoms with Crippen molar-refractivity contribution in [2.75, 3.05) is 11.8 Å². The fraction of sp³-hybridized carbons (Fsp3) is 0.333. The molecule has 0 aromatic carbocycles. The highest BCUT2D eigenvalue weighted by Crippen LogP contribution is 2.28. The van der Waals surface area contributed by atoms with Gasteiger partial charge in [-0.25, -0.2) is 13.4 Å². The summed E-state index contributed by atoms with van der Waals surface area (Å²) >= 11 is 0. The number of anilines is 1. The molecule has 1 heterocycles. The second-order valence-corrected chi connectivity index (χ2v) is 7.21. The number of H-pyrrole nitrogens is 1. The largest absolute Gasteiger partial charge is 0.324 e. The summed E-state index contributed by atoms with van der Waals surface area (Å²) < 4.78 is 26.2. The molecule has 118 valence electrons. The van der Waals surface area contributed by atoms with E-state index in [0.717, 1.165) is 5.71 Å². The minimum absolute atomic E-state index is 0.169. The van der Waals surface area contributed by atoms with E-state index in [2.05, 4.69) is 39.4 Å². The van der Waals surface area contributed by atoms with Gasteiger partial charge in [-0.15, -0.1) is 0 Å². The molecule has 0 radical (unpaired) electrons. The molecule has 22 heavy (non-hydrogen) atoms. The van der Waals surface area contributed by atoms with Crippen LogP contribution in [-0.4, -0.2) is 36.4 Å². The van der Waals surface area contributed by atoms with E-state index in [-0.39, 0.29) is 11.2 Å². The average Bonchev–Trinajstić information content (AvgIpc) is 3.25. The molecule has 0 unspecified atom stereocenters. The molecule has 0 spiro atoms. The van der Waals surface area contributed by atoms with Crippen LogP contribution in [0.25, 0.3) is 12.7 Å². The molecule has 0 amide bonds.